The van der Waals surface area contributed by atoms with Gasteiger partial charge in [-0.25, -0.2) is 17.7 Å². The topological polar surface area (TPSA) is 96.3 Å². The third-order valence-corrected chi connectivity index (χ3v) is 6.27. The summed E-state index contributed by atoms with van der Waals surface area (Å²) in [6.45, 7) is 5.50. The van der Waals surface area contributed by atoms with E-state index >= 15 is 0 Å². The van der Waals surface area contributed by atoms with Crippen LogP contribution in [0.2, 0.25) is 0 Å². The van der Waals surface area contributed by atoms with Crippen LogP contribution >= 0.6 is 0 Å². The summed E-state index contributed by atoms with van der Waals surface area (Å²) in [5.41, 5.74) is 1.44. The van der Waals surface area contributed by atoms with Crippen molar-refractivity contribution in [3.8, 4) is 0 Å². The van der Waals surface area contributed by atoms with Crippen LogP contribution in [0.25, 0.3) is 11.0 Å². The van der Waals surface area contributed by atoms with Crippen molar-refractivity contribution in [2.24, 2.45) is 7.05 Å². The molecule has 0 aliphatic carbocycles. The van der Waals surface area contributed by atoms with E-state index in [1.807, 2.05) is 25.5 Å². The molecule has 0 spiro atoms. The van der Waals surface area contributed by atoms with Crippen molar-refractivity contribution in [1.29, 1.82) is 0 Å². The Labute approximate surface area is 161 Å². The van der Waals surface area contributed by atoms with E-state index in [1.165, 1.54) is 18.4 Å². The van der Waals surface area contributed by atoms with E-state index in [4.69, 9.17) is 0 Å². The zero-order valence-electron chi connectivity index (χ0n) is 16.6. The van der Waals surface area contributed by atoms with E-state index in [0.717, 1.165) is 17.9 Å². The van der Waals surface area contributed by atoms with Gasteiger partial charge >= 0.3 is 0 Å². The van der Waals surface area contributed by atoms with Crippen molar-refractivity contribution in [2.75, 3.05) is 27.2 Å². The third-order valence-electron chi connectivity index (χ3n) is 4.46. The first-order valence-corrected chi connectivity index (χ1v) is 10.5. The molecule has 0 radical (unpaired) electrons. The summed E-state index contributed by atoms with van der Waals surface area (Å²) < 4.78 is 27.7. The maximum absolute atomic E-state index is 12.3. The average Bonchev–Trinajstić information content (AvgIpc) is 2.93. The smallest absolute Gasteiger partial charge is 0.242 e. The third kappa shape index (κ3) is 5.06. The molecule has 0 saturated carbocycles. The van der Waals surface area contributed by atoms with E-state index in [2.05, 4.69) is 15.6 Å². The summed E-state index contributed by atoms with van der Waals surface area (Å²) in [6, 6.07) is 5.14. The molecule has 1 atom stereocenters. The number of hydrogen-bond acceptors (Lipinski definition) is 5. The molecule has 0 aliphatic rings. The number of sulfonamides is 1. The number of rotatable bonds is 9. The number of fused-ring (bicyclic) bond motifs is 1. The van der Waals surface area contributed by atoms with Gasteiger partial charge in [-0.1, -0.05) is 6.92 Å². The van der Waals surface area contributed by atoms with Crippen LogP contribution in [-0.2, 0) is 28.3 Å². The van der Waals surface area contributed by atoms with Crippen LogP contribution in [0.15, 0.2) is 23.1 Å². The highest BCUT2D eigenvalue weighted by Crippen LogP contribution is 2.21. The molecule has 2 rings (SSSR count). The number of amides is 1. The van der Waals surface area contributed by atoms with E-state index < -0.39 is 10.0 Å². The van der Waals surface area contributed by atoms with Crippen molar-refractivity contribution in [3.63, 3.8) is 0 Å². The molecule has 0 bridgehead atoms. The van der Waals surface area contributed by atoms with E-state index in [0.29, 0.717) is 24.9 Å². The summed E-state index contributed by atoms with van der Waals surface area (Å²) in [5, 5.41) is 6.15. The zero-order valence-corrected chi connectivity index (χ0v) is 17.4. The van der Waals surface area contributed by atoms with Crippen LogP contribution in [0, 0.1) is 0 Å². The number of aryl methyl sites for hydroxylation is 2. The Kier molecular flexibility index (Phi) is 6.96. The number of carbonyl (C=O) groups excluding carboxylic acids is 1. The van der Waals surface area contributed by atoms with E-state index in [1.54, 1.807) is 18.2 Å². The first kappa shape index (κ1) is 21.3. The standard InChI is InChI=1S/C18H29N5O3S/c1-6-19-13(2)12-20-18(24)10-9-17-21-15-11-14(27(25,26)22(3)4)7-8-16(15)23(17)5/h7-8,11,13,19H,6,9-10,12H2,1-5H3,(H,20,24)/t13-/m1/s1. The van der Waals surface area contributed by atoms with Gasteiger partial charge in [0.05, 0.1) is 15.9 Å². The first-order chi connectivity index (χ1) is 12.7. The van der Waals surface area contributed by atoms with Crippen molar-refractivity contribution in [1.82, 2.24) is 24.5 Å². The largest absolute Gasteiger partial charge is 0.355 e. The lowest BCUT2D eigenvalue weighted by Crippen LogP contribution is -2.38. The predicted molar refractivity (Wildman–Crippen MR) is 106 cm³/mol. The number of aromatic nitrogens is 2. The second-order valence-electron chi connectivity index (χ2n) is 6.79. The first-order valence-electron chi connectivity index (χ1n) is 9.04. The lowest BCUT2D eigenvalue weighted by molar-refractivity contribution is -0.121. The van der Waals surface area contributed by atoms with Gasteiger partial charge in [0.15, 0.2) is 0 Å². The SMILES string of the molecule is CCN[C@H](C)CNC(=O)CCc1nc2cc(S(=O)(=O)N(C)C)ccc2n1C. The van der Waals surface area contributed by atoms with E-state index in [-0.39, 0.29) is 16.8 Å². The van der Waals surface area contributed by atoms with Gasteiger partial charge in [0.25, 0.3) is 0 Å². The molecular formula is C18H29N5O3S. The molecule has 0 unspecified atom stereocenters. The Morgan fingerprint density at radius 2 is 2.04 bits per heavy atom. The number of likely N-dealkylation sites (N-methyl/N-ethyl adjacent to an activating group) is 1. The van der Waals surface area contributed by atoms with Crippen LogP contribution in [-0.4, -0.2) is 61.4 Å². The fourth-order valence-corrected chi connectivity index (χ4v) is 3.75. The molecule has 1 heterocycles. The maximum atomic E-state index is 12.3. The molecule has 1 aromatic carbocycles. The Morgan fingerprint density at radius 3 is 2.67 bits per heavy atom. The molecule has 9 heteroatoms. The van der Waals surface area contributed by atoms with E-state index in [9.17, 15) is 13.2 Å². The molecule has 2 aromatic rings. The fraction of sp³-hybridized carbons (Fsp3) is 0.556. The van der Waals surface area contributed by atoms with Crippen molar-refractivity contribution >= 4 is 27.0 Å². The molecule has 1 aromatic heterocycles. The number of hydrogen-bond donors (Lipinski definition) is 2. The summed E-state index contributed by atoms with van der Waals surface area (Å²) in [5.74, 6) is 0.724. The molecule has 8 nitrogen and oxygen atoms in total. The number of carbonyl (C=O) groups is 1. The Morgan fingerprint density at radius 1 is 1.33 bits per heavy atom. The highest BCUT2D eigenvalue weighted by molar-refractivity contribution is 7.89. The summed E-state index contributed by atoms with van der Waals surface area (Å²) in [4.78, 5) is 16.8. The summed E-state index contributed by atoms with van der Waals surface area (Å²) in [7, 11) is 1.36. The van der Waals surface area contributed by atoms with Gasteiger partial charge in [0, 0.05) is 46.6 Å². The lowest BCUT2D eigenvalue weighted by Gasteiger charge is -2.13. The van der Waals surface area contributed by atoms with Crippen molar-refractivity contribution in [3.05, 3.63) is 24.0 Å². The number of imidazole rings is 1. The Bertz CT molecular complexity index is 905. The maximum Gasteiger partial charge on any atom is 0.242 e. The molecular weight excluding hydrogens is 366 g/mol. The highest BCUT2D eigenvalue weighted by Gasteiger charge is 2.19. The van der Waals surface area contributed by atoms with Gasteiger partial charge in [-0.2, -0.15) is 0 Å². The quantitative estimate of drug-likeness (QED) is 0.657. The number of benzene rings is 1. The Balaban J connectivity index is 2.09. The molecule has 0 saturated heterocycles. The lowest BCUT2D eigenvalue weighted by atomic mass is 10.2. The number of nitrogens with one attached hydrogen (secondary N) is 2. The van der Waals surface area contributed by atoms with Crippen LogP contribution in [0.3, 0.4) is 0 Å². The fourth-order valence-electron chi connectivity index (χ4n) is 2.83. The molecule has 27 heavy (non-hydrogen) atoms. The van der Waals surface area contributed by atoms with Crippen LogP contribution in [0.4, 0.5) is 0 Å². The van der Waals surface area contributed by atoms with Crippen LogP contribution in [0.1, 0.15) is 26.1 Å². The summed E-state index contributed by atoms with van der Waals surface area (Å²) >= 11 is 0. The highest BCUT2D eigenvalue weighted by atomic mass is 32.2. The Hall–Kier alpha value is -1.97. The predicted octanol–water partition coefficient (Wildman–Crippen LogP) is 0.870. The minimum Gasteiger partial charge on any atom is -0.355 e. The molecule has 0 aliphatic heterocycles. The monoisotopic (exact) mass is 395 g/mol. The minimum absolute atomic E-state index is 0.0253. The van der Waals surface area contributed by atoms with Crippen molar-refractivity contribution in [2.45, 2.75) is 37.6 Å². The van der Waals surface area contributed by atoms with Crippen molar-refractivity contribution < 1.29 is 13.2 Å². The molecule has 2 N–H and O–H groups in total. The summed E-state index contributed by atoms with van der Waals surface area (Å²) in [6.07, 6.45) is 0.821. The molecule has 150 valence electrons. The second kappa shape index (κ2) is 8.81. The molecule has 0 fully saturated rings. The second-order valence-corrected chi connectivity index (χ2v) is 8.94. The van der Waals surface area contributed by atoms with Gasteiger partial charge in [-0.15, -0.1) is 0 Å². The van der Waals surface area contributed by atoms with Crippen LogP contribution < -0.4 is 10.6 Å². The van der Waals surface area contributed by atoms with Gasteiger partial charge in [0.1, 0.15) is 5.82 Å². The van der Waals surface area contributed by atoms with Gasteiger partial charge < -0.3 is 15.2 Å². The molecule has 1 amide bonds. The van der Waals surface area contributed by atoms with Gasteiger partial charge in [-0.05, 0) is 31.7 Å². The van der Waals surface area contributed by atoms with Gasteiger partial charge in [0.2, 0.25) is 15.9 Å². The zero-order chi connectivity index (χ0) is 20.2. The normalized spacial score (nSPS) is 13.3. The minimum atomic E-state index is -3.50. The average molecular weight is 396 g/mol. The van der Waals surface area contributed by atoms with Crippen LogP contribution in [0.5, 0.6) is 0 Å². The number of nitrogens with zero attached hydrogens (tertiary/aromatic N) is 3. The van der Waals surface area contributed by atoms with Gasteiger partial charge in [-0.3, -0.25) is 4.79 Å².